The van der Waals surface area contributed by atoms with E-state index in [-0.39, 0.29) is 0 Å². The average molecular weight is 387 g/mol. The zero-order chi connectivity index (χ0) is 17.2. The Morgan fingerprint density at radius 2 is 1.29 bits per heavy atom. The quantitative estimate of drug-likeness (QED) is 0.570. The van der Waals surface area contributed by atoms with Crippen LogP contribution in [0.1, 0.15) is 11.1 Å². The third kappa shape index (κ3) is 2.93. The van der Waals surface area contributed by atoms with Gasteiger partial charge < -0.3 is 14.2 Å². The van der Waals surface area contributed by atoms with E-state index < -0.39 is 5.79 Å². The van der Waals surface area contributed by atoms with Crippen molar-refractivity contribution in [3.8, 4) is 5.75 Å². The van der Waals surface area contributed by atoms with Gasteiger partial charge in [-0.1, -0.05) is 34.1 Å². The first-order chi connectivity index (χ1) is 11.6. The van der Waals surface area contributed by atoms with Gasteiger partial charge in [0.25, 0.3) is 0 Å². The van der Waals surface area contributed by atoms with Gasteiger partial charge in [0.1, 0.15) is 5.75 Å². The van der Waals surface area contributed by atoms with Crippen molar-refractivity contribution >= 4 is 26.7 Å². The van der Waals surface area contributed by atoms with E-state index in [9.17, 15) is 0 Å². The summed E-state index contributed by atoms with van der Waals surface area (Å²) < 4.78 is 18.0. The van der Waals surface area contributed by atoms with Gasteiger partial charge in [0.05, 0.1) is 7.11 Å². The summed E-state index contributed by atoms with van der Waals surface area (Å²) >= 11 is 3.51. The molecule has 0 aliphatic carbocycles. The van der Waals surface area contributed by atoms with Gasteiger partial charge in [-0.05, 0) is 53.2 Å². The fourth-order valence-electron chi connectivity index (χ4n) is 2.95. The molecular weight excluding hydrogens is 368 g/mol. The third-order valence-corrected chi connectivity index (χ3v) is 4.72. The molecule has 0 fully saturated rings. The molecule has 3 nitrogen and oxygen atoms in total. The van der Waals surface area contributed by atoms with Gasteiger partial charge in [-0.2, -0.15) is 0 Å². The number of fused-ring (bicyclic) bond motifs is 1. The highest BCUT2D eigenvalue weighted by Gasteiger charge is 2.34. The minimum Gasteiger partial charge on any atom is -0.497 e. The predicted molar refractivity (Wildman–Crippen MR) is 99.4 cm³/mol. The van der Waals surface area contributed by atoms with Crippen LogP contribution in [0, 0.1) is 0 Å². The Kier molecular flexibility index (Phi) is 4.90. The van der Waals surface area contributed by atoms with Crippen LogP contribution in [0.15, 0.2) is 65.1 Å². The molecule has 0 aliphatic rings. The highest BCUT2D eigenvalue weighted by atomic mass is 79.9. The van der Waals surface area contributed by atoms with Crippen LogP contribution >= 0.6 is 15.9 Å². The van der Waals surface area contributed by atoms with Crippen molar-refractivity contribution in [3.05, 3.63) is 76.3 Å². The summed E-state index contributed by atoms with van der Waals surface area (Å²) in [6, 6.07) is 20.1. The normalized spacial score (nSPS) is 11.7. The molecule has 0 saturated heterocycles. The third-order valence-electron chi connectivity index (χ3n) is 4.23. The SMILES string of the molecule is COc1ccc(C(OC)(OC)c2ccc3cc(Br)ccc3c2)cc1. The Hall–Kier alpha value is -1.88. The number of rotatable bonds is 5. The molecule has 0 aromatic heterocycles. The highest BCUT2D eigenvalue weighted by molar-refractivity contribution is 9.10. The first kappa shape index (κ1) is 17.0. The molecule has 0 unspecified atom stereocenters. The fraction of sp³-hybridized carbons (Fsp3) is 0.200. The van der Waals surface area contributed by atoms with E-state index in [0.717, 1.165) is 32.1 Å². The van der Waals surface area contributed by atoms with E-state index >= 15 is 0 Å². The molecule has 3 rings (SSSR count). The molecule has 0 spiro atoms. The van der Waals surface area contributed by atoms with Gasteiger partial charge in [0.2, 0.25) is 5.79 Å². The van der Waals surface area contributed by atoms with E-state index in [2.05, 4.69) is 40.2 Å². The molecule has 0 saturated carbocycles. The molecule has 0 bridgehead atoms. The van der Waals surface area contributed by atoms with Gasteiger partial charge in [-0.3, -0.25) is 0 Å². The van der Waals surface area contributed by atoms with Crippen molar-refractivity contribution in [2.45, 2.75) is 5.79 Å². The van der Waals surface area contributed by atoms with Crippen molar-refractivity contribution < 1.29 is 14.2 Å². The monoisotopic (exact) mass is 386 g/mol. The van der Waals surface area contributed by atoms with Crippen LogP contribution in [0.4, 0.5) is 0 Å². The molecule has 124 valence electrons. The molecule has 3 aromatic rings. The Morgan fingerprint density at radius 3 is 1.92 bits per heavy atom. The van der Waals surface area contributed by atoms with Crippen LogP contribution in [0.5, 0.6) is 5.75 Å². The van der Waals surface area contributed by atoms with E-state index in [1.54, 1.807) is 21.3 Å². The Morgan fingerprint density at radius 1 is 0.708 bits per heavy atom. The van der Waals surface area contributed by atoms with Crippen LogP contribution in [0.2, 0.25) is 0 Å². The number of ether oxygens (including phenoxy) is 3. The summed E-state index contributed by atoms with van der Waals surface area (Å²) in [7, 11) is 4.95. The van der Waals surface area contributed by atoms with Crippen LogP contribution in [0.3, 0.4) is 0 Å². The second kappa shape index (κ2) is 6.93. The van der Waals surface area contributed by atoms with E-state index in [1.807, 2.05) is 36.4 Å². The number of benzene rings is 3. The Labute approximate surface area is 150 Å². The topological polar surface area (TPSA) is 27.7 Å². The molecular formula is C20H19BrO3. The van der Waals surface area contributed by atoms with Crippen LogP contribution in [0.25, 0.3) is 10.8 Å². The maximum atomic E-state index is 5.83. The van der Waals surface area contributed by atoms with Gasteiger partial charge >= 0.3 is 0 Å². The Bertz CT molecular complexity index is 839. The van der Waals surface area contributed by atoms with Crippen molar-refractivity contribution in [3.63, 3.8) is 0 Å². The molecule has 0 N–H and O–H groups in total. The van der Waals surface area contributed by atoms with Gasteiger partial charge in [-0.25, -0.2) is 0 Å². The minimum absolute atomic E-state index is 0.795. The van der Waals surface area contributed by atoms with Crippen LogP contribution < -0.4 is 4.74 Å². The summed E-state index contributed by atoms with van der Waals surface area (Å²) in [5.74, 6) is -0.170. The second-order valence-corrected chi connectivity index (χ2v) is 6.38. The number of methoxy groups -OCH3 is 3. The molecule has 0 aliphatic heterocycles. The first-order valence-corrected chi connectivity index (χ1v) is 8.37. The van der Waals surface area contributed by atoms with E-state index in [0.29, 0.717) is 0 Å². The lowest BCUT2D eigenvalue weighted by Crippen LogP contribution is -2.32. The number of hydrogen-bond acceptors (Lipinski definition) is 3. The maximum Gasteiger partial charge on any atom is 0.221 e. The smallest absolute Gasteiger partial charge is 0.221 e. The van der Waals surface area contributed by atoms with Gasteiger partial charge in [0, 0.05) is 29.8 Å². The molecule has 3 aromatic carbocycles. The number of halogens is 1. The fourth-order valence-corrected chi connectivity index (χ4v) is 3.33. The zero-order valence-corrected chi connectivity index (χ0v) is 15.5. The molecule has 0 heterocycles. The molecule has 0 atom stereocenters. The molecule has 24 heavy (non-hydrogen) atoms. The maximum absolute atomic E-state index is 5.83. The van der Waals surface area contributed by atoms with Gasteiger partial charge in [0.15, 0.2) is 0 Å². The molecule has 0 amide bonds. The van der Waals surface area contributed by atoms with Crippen molar-refractivity contribution in [1.29, 1.82) is 0 Å². The summed E-state index contributed by atoms with van der Waals surface area (Å²) in [5, 5.41) is 2.28. The summed E-state index contributed by atoms with van der Waals surface area (Å²) in [4.78, 5) is 0. The first-order valence-electron chi connectivity index (χ1n) is 7.57. The Balaban J connectivity index is 2.14. The average Bonchev–Trinajstić information content (AvgIpc) is 2.63. The lowest BCUT2D eigenvalue weighted by Gasteiger charge is -2.32. The van der Waals surface area contributed by atoms with Crippen LogP contribution in [-0.2, 0) is 15.3 Å². The van der Waals surface area contributed by atoms with Crippen LogP contribution in [-0.4, -0.2) is 21.3 Å². The molecule has 4 heteroatoms. The van der Waals surface area contributed by atoms with Crippen molar-refractivity contribution in [1.82, 2.24) is 0 Å². The van der Waals surface area contributed by atoms with E-state index in [1.165, 1.54) is 0 Å². The predicted octanol–water partition coefficient (Wildman–Crippen LogP) is 5.10. The second-order valence-electron chi connectivity index (χ2n) is 5.46. The highest BCUT2D eigenvalue weighted by Crippen LogP contribution is 2.36. The summed E-state index contributed by atoms with van der Waals surface area (Å²) in [6.45, 7) is 0. The zero-order valence-electron chi connectivity index (χ0n) is 13.9. The van der Waals surface area contributed by atoms with E-state index in [4.69, 9.17) is 14.2 Å². The number of hydrogen-bond donors (Lipinski definition) is 0. The van der Waals surface area contributed by atoms with Crippen molar-refractivity contribution in [2.75, 3.05) is 21.3 Å². The minimum atomic E-state index is -0.965. The summed E-state index contributed by atoms with van der Waals surface area (Å²) in [6.07, 6.45) is 0. The summed E-state index contributed by atoms with van der Waals surface area (Å²) in [5.41, 5.74) is 1.84. The lowest BCUT2D eigenvalue weighted by atomic mass is 9.94. The van der Waals surface area contributed by atoms with Gasteiger partial charge in [-0.15, -0.1) is 0 Å². The molecule has 0 radical (unpaired) electrons. The largest absolute Gasteiger partial charge is 0.497 e. The lowest BCUT2D eigenvalue weighted by molar-refractivity contribution is -0.183. The van der Waals surface area contributed by atoms with Crippen molar-refractivity contribution in [2.24, 2.45) is 0 Å². The standard InChI is InChI=1S/C20H19BrO3/c1-22-19-10-7-16(8-11-19)20(23-2,24-3)17-6-4-15-13-18(21)9-5-14(15)12-17/h4-13H,1-3H3.